The van der Waals surface area contributed by atoms with Crippen molar-refractivity contribution in [3.05, 3.63) is 11.1 Å². The van der Waals surface area contributed by atoms with Gasteiger partial charge in [-0.25, -0.2) is 9.78 Å². The lowest BCUT2D eigenvalue weighted by atomic mass is 9.82. The SMILES string of the molecule is CN1[C@@H]2CCC[C@H]1CC(NC(=O)Nc1nc(CC3CCOC3)cs1)C2. The first-order chi connectivity index (χ1) is 12.2. The largest absolute Gasteiger partial charge is 0.381 e. The molecule has 138 valence electrons. The molecule has 3 aliphatic heterocycles. The average molecular weight is 365 g/mol. The van der Waals surface area contributed by atoms with E-state index in [2.05, 4.69) is 27.6 Å². The fraction of sp³-hybridized carbons (Fsp3) is 0.778. The second-order valence-corrected chi connectivity index (χ2v) is 8.61. The predicted octanol–water partition coefficient (Wildman–Crippen LogP) is 2.86. The number of thiazole rings is 1. The molecule has 1 aromatic rings. The number of hydrogen-bond donors (Lipinski definition) is 2. The maximum atomic E-state index is 12.3. The fourth-order valence-corrected chi connectivity index (χ4v) is 5.27. The van der Waals surface area contributed by atoms with Gasteiger partial charge in [-0.2, -0.15) is 0 Å². The average Bonchev–Trinajstić information content (AvgIpc) is 3.21. The van der Waals surface area contributed by atoms with Crippen LogP contribution in [0.4, 0.5) is 9.93 Å². The molecule has 1 aromatic heterocycles. The van der Waals surface area contributed by atoms with Crippen molar-refractivity contribution in [2.24, 2.45) is 5.92 Å². The Hall–Kier alpha value is -1.18. The van der Waals surface area contributed by atoms with E-state index in [1.165, 1.54) is 30.6 Å². The highest BCUT2D eigenvalue weighted by Crippen LogP contribution is 2.32. The van der Waals surface area contributed by atoms with E-state index < -0.39 is 0 Å². The summed E-state index contributed by atoms with van der Waals surface area (Å²) in [5.74, 6) is 0.572. The van der Waals surface area contributed by atoms with Gasteiger partial charge in [0.15, 0.2) is 5.13 Å². The summed E-state index contributed by atoms with van der Waals surface area (Å²) in [4.78, 5) is 19.4. The summed E-state index contributed by atoms with van der Waals surface area (Å²) in [6.45, 7) is 1.69. The second-order valence-electron chi connectivity index (χ2n) is 7.75. The summed E-state index contributed by atoms with van der Waals surface area (Å²) in [7, 11) is 2.23. The standard InChI is InChI=1S/C18H28N4O2S/c1-22-15-3-2-4-16(22)9-13(8-15)19-17(23)21-18-20-14(11-25-18)7-12-5-6-24-10-12/h11-13,15-16H,2-10H2,1H3,(H2,19,20,21,23)/t12?,13?,15-,16+. The number of hydrogen-bond acceptors (Lipinski definition) is 5. The van der Waals surface area contributed by atoms with Crippen LogP contribution in [0.5, 0.6) is 0 Å². The second kappa shape index (κ2) is 7.60. The minimum absolute atomic E-state index is 0.113. The van der Waals surface area contributed by atoms with Gasteiger partial charge in [0.2, 0.25) is 0 Å². The van der Waals surface area contributed by atoms with Crippen molar-refractivity contribution in [2.45, 2.75) is 63.1 Å². The highest BCUT2D eigenvalue weighted by atomic mass is 32.1. The molecular weight excluding hydrogens is 336 g/mol. The van der Waals surface area contributed by atoms with E-state index in [0.717, 1.165) is 44.6 Å². The lowest BCUT2D eigenvalue weighted by molar-refractivity contribution is 0.0513. The molecule has 6 nitrogen and oxygen atoms in total. The van der Waals surface area contributed by atoms with Gasteiger partial charge in [0.05, 0.1) is 5.69 Å². The van der Waals surface area contributed by atoms with Crippen LogP contribution in [0.3, 0.4) is 0 Å². The first-order valence-corrected chi connectivity index (χ1v) is 10.4. The van der Waals surface area contributed by atoms with Crippen molar-refractivity contribution in [1.82, 2.24) is 15.2 Å². The van der Waals surface area contributed by atoms with Crippen LogP contribution in [0.2, 0.25) is 0 Å². The zero-order valence-corrected chi connectivity index (χ0v) is 15.7. The Labute approximate surface area is 153 Å². The molecule has 2 unspecified atom stereocenters. The normalized spacial score (nSPS) is 32.5. The number of piperidine rings is 2. The lowest BCUT2D eigenvalue weighted by Crippen LogP contribution is -2.55. The number of carbonyl (C=O) groups is 1. The lowest BCUT2D eigenvalue weighted by Gasteiger charge is -2.47. The molecule has 4 heterocycles. The molecule has 0 aliphatic carbocycles. The van der Waals surface area contributed by atoms with Crippen LogP contribution in [-0.4, -0.2) is 54.3 Å². The van der Waals surface area contributed by atoms with Gasteiger partial charge in [-0.05, 0) is 51.5 Å². The summed E-state index contributed by atoms with van der Waals surface area (Å²) in [5, 5.41) is 8.84. The van der Waals surface area contributed by atoms with Crippen molar-refractivity contribution in [1.29, 1.82) is 0 Å². The maximum Gasteiger partial charge on any atom is 0.321 e. The summed E-state index contributed by atoms with van der Waals surface area (Å²) in [6, 6.07) is 1.41. The minimum Gasteiger partial charge on any atom is -0.381 e. The number of amides is 2. The van der Waals surface area contributed by atoms with Crippen LogP contribution >= 0.6 is 11.3 Å². The third kappa shape index (κ3) is 4.15. The Kier molecular flexibility index (Phi) is 5.24. The van der Waals surface area contributed by atoms with E-state index in [1.807, 2.05) is 5.38 Å². The number of fused-ring (bicyclic) bond motifs is 2. The quantitative estimate of drug-likeness (QED) is 0.862. The highest BCUT2D eigenvalue weighted by Gasteiger charge is 2.36. The summed E-state index contributed by atoms with van der Waals surface area (Å²) in [5.41, 5.74) is 1.06. The topological polar surface area (TPSA) is 66.5 Å². The van der Waals surface area contributed by atoms with Gasteiger partial charge in [-0.1, -0.05) is 6.42 Å². The molecule has 25 heavy (non-hydrogen) atoms. The van der Waals surface area contributed by atoms with E-state index in [9.17, 15) is 4.79 Å². The third-order valence-corrected chi connectivity index (χ3v) is 6.78. The number of ether oxygens (including phenoxy) is 1. The van der Waals surface area contributed by atoms with Gasteiger partial charge < -0.3 is 15.0 Å². The smallest absolute Gasteiger partial charge is 0.321 e. The Bertz CT molecular complexity index is 588. The number of anilines is 1. The molecule has 3 fully saturated rings. The Morgan fingerprint density at radius 3 is 2.88 bits per heavy atom. The Morgan fingerprint density at radius 1 is 1.36 bits per heavy atom. The van der Waals surface area contributed by atoms with Gasteiger partial charge in [0.1, 0.15) is 0 Å². The van der Waals surface area contributed by atoms with Gasteiger partial charge in [-0.15, -0.1) is 11.3 Å². The van der Waals surface area contributed by atoms with Crippen LogP contribution in [0.15, 0.2) is 5.38 Å². The Balaban J connectivity index is 1.27. The molecule has 3 aliphatic rings. The van der Waals surface area contributed by atoms with E-state index in [-0.39, 0.29) is 12.1 Å². The van der Waals surface area contributed by atoms with Crippen molar-refractivity contribution in [3.63, 3.8) is 0 Å². The number of carbonyl (C=O) groups excluding carboxylic acids is 1. The van der Waals surface area contributed by atoms with Gasteiger partial charge in [0, 0.05) is 36.7 Å². The predicted molar refractivity (Wildman–Crippen MR) is 99.1 cm³/mol. The molecule has 0 saturated carbocycles. The van der Waals surface area contributed by atoms with Crippen LogP contribution in [0.1, 0.15) is 44.2 Å². The Morgan fingerprint density at radius 2 is 2.16 bits per heavy atom. The molecule has 0 aromatic carbocycles. The van der Waals surface area contributed by atoms with Crippen LogP contribution in [0.25, 0.3) is 0 Å². The molecule has 0 radical (unpaired) electrons. The van der Waals surface area contributed by atoms with Crippen molar-refractivity contribution in [2.75, 3.05) is 25.6 Å². The number of urea groups is 1. The van der Waals surface area contributed by atoms with Gasteiger partial charge >= 0.3 is 6.03 Å². The first-order valence-electron chi connectivity index (χ1n) is 9.49. The monoisotopic (exact) mass is 364 g/mol. The van der Waals surface area contributed by atoms with Gasteiger partial charge in [-0.3, -0.25) is 5.32 Å². The number of nitrogens with zero attached hydrogens (tertiary/aromatic N) is 2. The molecule has 3 saturated heterocycles. The number of aromatic nitrogens is 1. The van der Waals surface area contributed by atoms with Crippen LogP contribution in [-0.2, 0) is 11.2 Å². The van der Waals surface area contributed by atoms with Crippen molar-refractivity contribution in [3.8, 4) is 0 Å². The first kappa shape index (κ1) is 17.2. The summed E-state index contributed by atoms with van der Waals surface area (Å²) in [6.07, 6.45) is 8.02. The molecule has 7 heteroatoms. The highest BCUT2D eigenvalue weighted by molar-refractivity contribution is 7.13. The van der Waals surface area contributed by atoms with Crippen molar-refractivity contribution < 1.29 is 9.53 Å². The molecule has 4 atom stereocenters. The zero-order chi connectivity index (χ0) is 17.2. The maximum absolute atomic E-state index is 12.3. The van der Waals surface area contributed by atoms with Crippen LogP contribution < -0.4 is 10.6 Å². The molecule has 0 spiro atoms. The van der Waals surface area contributed by atoms with Crippen molar-refractivity contribution >= 4 is 22.5 Å². The van der Waals surface area contributed by atoms with E-state index in [0.29, 0.717) is 23.1 Å². The minimum atomic E-state index is -0.113. The summed E-state index contributed by atoms with van der Waals surface area (Å²) < 4.78 is 5.42. The third-order valence-electron chi connectivity index (χ3n) is 5.97. The molecular formula is C18H28N4O2S. The molecule has 2 bridgehead atoms. The molecule has 2 amide bonds. The van der Waals surface area contributed by atoms with E-state index >= 15 is 0 Å². The molecule has 4 rings (SSSR count). The van der Waals surface area contributed by atoms with Gasteiger partial charge in [0.25, 0.3) is 0 Å². The fourth-order valence-electron chi connectivity index (χ4n) is 4.55. The van der Waals surface area contributed by atoms with E-state index in [1.54, 1.807) is 0 Å². The summed E-state index contributed by atoms with van der Waals surface area (Å²) >= 11 is 1.51. The zero-order valence-electron chi connectivity index (χ0n) is 14.9. The number of nitrogens with one attached hydrogen (secondary N) is 2. The molecule has 2 N–H and O–H groups in total. The number of rotatable bonds is 4. The van der Waals surface area contributed by atoms with E-state index in [4.69, 9.17) is 4.74 Å². The van der Waals surface area contributed by atoms with Crippen LogP contribution in [0, 0.1) is 5.92 Å².